The van der Waals surface area contributed by atoms with Crippen molar-refractivity contribution < 1.29 is 31.2 Å². The van der Waals surface area contributed by atoms with Gasteiger partial charge in [0.1, 0.15) is 0 Å². The van der Waals surface area contributed by atoms with E-state index in [0.29, 0.717) is 17.1 Å². The zero-order valence-corrected chi connectivity index (χ0v) is 16.8. The van der Waals surface area contributed by atoms with Gasteiger partial charge < -0.3 is 5.73 Å². The maximum absolute atomic E-state index is 12.9. The largest absolute Gasteiger partial charge is 0.416 e. The van der Waals surface area contributed by atoms with Crippen molar-refractivity contribution in [3.8, 4) is 0 Å². The minimum absolute atomic E-state index is 0.0214. The molecule has 0 fully saturated rings. The number of unbranched alkanes of at least 4 members (excludes halogenated alkanes) is 1. The van der Waals surface area contributed by atoms with E-state index < -0.39 is 51.3 Å². The van der Waals surface area contributed by atoms with Crippen LogP contribution < -0.4 is 5.73 Å². The van der Waals surface area contributed by atoms with E-state index in [1.54, 1.807) is 0 Å². The molecular formula is C18H25F3N2O4S. The molecule has 1 rings (SSSR count). The van der Waals surface area contributed by atoms with Gasteiger partial charge in [-0.2, -0.15) is 17.5 Å². The van der Waals surface area contributed by atoms with Crippen LogP contribution in [0.3, 0.4) is 0 Å². The molecule has 28 heavy (non-hydrogen) atoms. The highest BCUT2D eigenvalue weighted by Gasteiger charge is 2.40. The fourth-order valence-electron chi connectivity index (χ4n) is 2.82. The lowest BCUT2D eigenvalue weighted by Gasteiger charge is -2.31. The number of ketones is 1. The van der Waals surface area contributed by atoms with Gasteiger partial charge in [0.15, 0.2) is 11.8 Å². The van der Waals surface area contributed by atoms with Crippen LogP contribution in [0, 0.1) is 0 Å². The minimum atomic E-state index is -4.62. The molecule has 0 aromatic heterocycles. The SMILES string of the molecule is CCCCC(=O)C(C(N)=O)N(C(C)C)S(=O)(=O)Cc1cccc(C(F)(F)F)c1. The number of hydrogen-bond acceptors (Lipinski definition) is 4. The molecule has 0 aliphatic carbocycles. The van der Waals surface area contributed by atoms with Crippen LogP contribution in [0.1, 0.15) is 51.2 Å². The van der Waals surface area contributed by atoms with Crippen LogP contribution >= 0.6 is 0 Å². The third-order valence-corrected chi connectivity index (χ3v) is 6.01. The Balaban J connectivity index is 3.28. The standard InChI is InChI=1S/C18H25F3N2O4S/c1-4-5-9-15(24)16(17(22)25)23(12(2)3)28(26,27)11-13-7-6-8-14(10-13)18(19,20)21/h6-8,10,12,16H,4-5,9,11H2,1-3H3,(H2,22,25). The Kier molecular flexibility index (Phi) is 8.18. The molecule has 0 saturated heterocycles. The number of primary amides is 1. The predicted octanol–water partition coefficient (Wildman–Crippen LogP) is 2.86. The molecule has 0 saturated carbocycles. The van der Waals surface area contributed by atoms with E-state index in [1.807, 2.05) is 6.92 Å². The smallest absolute Gasteiger partial charge is 0.368 e. The second kappa shape index (κ2) is 9.51. The van der Waals surface area contributed by atoms with Crippen molar-refractivity contribution >= 4 is 21.7 Å². The van der Waals surface area contributed by atoms with E-state index >= 15 is 0 Å². The summed E-state index contributed by atoms with van der Waals surface area (Å²) in [6.07, 6.45) is -3.52. The highest BCUT2D eigenvalue weighted by Crippen LogP contribution is 2.30. The van der Waals surface area contributed by atoms with Crippen LogP contribution in [-0.2, 0) is 31.5 Å². The summed E-state index contributed by atoms with van der Waals surface area (Å²) in [6.45, 7) is 4.76. The van der Waals surface area contributed by atoms with Crippen molar-refractivity contribution in [3.63, 3.8) is 0 Å². The number of nitrogens with zero attached hydrogens (tertiary/aromatic N) is 1. The third-order valence-electron chi connectivity index (χ3n) is 4.04. The molecule has 0 radical (unpaired) electrons. The number of benzene rings is 1. The van der Waals surface area contributed by atoms with Gasteiger partial charge in [-0.15, -0.1) is 0 Å². The zero-order chi connectivity index (χ0) is 21.7. The Morgan fingerprint density at radius 2 is 1.82 bits per heavy atom. The highest BCUT2D eigenvalue weighted by molar-refractivity contribution is 7.88. The van der Waals surface area contributed by atoms with Gasteiger partial charge in [-0.3, -0.25) is 9.59 Å². The summed E-state index contributed by atoms with van der Waals surface area (Å²) in [6, 6.07) is 1.42. The fourth-order valence-corrected chi connectivity index (χ4v) is 4.75. The van der Waals surface area contributed by atoms with Gasteiger partial charge in [-0.1, -0.05) is 31.5 Å². The Bertz CT molecular complexity index is 807. The molecule has 0 aliphatic rings. The summed E-state index contributed by atoms with van der Waals surface area (Å²) in [7, 11) is -4.31. The van der Waals surface area contributed by atoms with Crippen LogP contribution in [0.2, 0.25) is 0 Å². The Morgan fingerprint density at radius 3 is 2.29 bits per heavy atom. The second-order valence-electron chi connectivity index (χ2n) is 6.75. The van der Waals surface area contributed by atoms with Gasteiger partial charge in [0, 0.05) is 12.5 Å². The van der Waals surface area contributed by atoms with E-state index in [-0.39, 0.29) is 12.0 Å². The van der Waals surface area contributed by atoms with Crippen molar-refractivity contribution in [3.05, 3.63) is 35.4 Å². The number of carbonyl (C=O) groups is 2. The van der Waals surface area contributed by atoms with Crippen LogP contribution in [-0.4, -0.2) is 36.5 Å². The van der Waals surface area contributed by atoms with E-state index in [4.69, 9.17) is 5.73 Å². The number of hydrogen-bond donors (Lipinski definition) is 1. The molecule has 1 atom stereocenters. The molecule has 0 heterocycles. The molecule has 1 amide bonds. The summed E-state index contributed by atoms with van der Waals surface area (Å²) in [5.41, 5.74) is 4.21. The van der Waals surface area contributed by atoms with Gasteiger partial charge in [0.25, 0.3) is 0 Å². The first-order valence-electron chi connectivity index (χ1n) is 8.80. The first kappa shape index (κ1) is 24.1. The molecule has 0 aliphatic heterocycles. The Hall–Kier alpha value is -1.94. The van der Waals surface area contributed by atoms with Crippen molar-refractivity contribution in [1.82, 2.24) is 4.31 Å². The first-order chi connectivity index (χ1) is 12.8. The van der Waals surface area contributed by atoms with Crippen molar-refractivity contribution in [2.75, 3.05) is 0 Å². The first-order valence-corrected chi connectivity index (χ1v) is 10.4. The molecular weight excluding hydrogens is 397 g/mol. The fraction of sp³-hybridized carbons (Fsp3) is 0.556. The lowest BCUT2D eigenvalue weighted by Crippen LogP contribution is -2.55. The number of halogens is 3. The summed E-state index contributed by atoms with van der Waals surface area (Å²) >= 11 is 0. The molecule has 1 unspecified atom stereocenters. The number of rotatable bonds is 10. The minimum Gasteiger partial charge on any atom is -0.368 e. The van der Waals surface area contributed by atoms with E-state index in [9.17, 15) is 31.2 Å². The number of amides is 1. The van der Waals surface area contributed by atoms with Crippen molar-refractivity contribution in [2.45, 2.75) is 64.0 Å². The Morgan fingerprint density at radius 1 is 1.21 bits per heavy atom. The maximum Gasteiger partial charge on any atom is 0.416 e. The normalized spacial score (nSPS) is 13.7. The topological polar surface area (TPSA) is 97.5 Å². The predicted molar refractivity (Wildman–Crippen MR) is 98.6 cm³/mol. The molecule has 0 spiro atoms. The quantitative estimate of drug-likeness (QED) is 0.586. The maximum atomic E-state index is 12.9. The summed E-state index contributed by atoms with van der Waals surface area (Å²) < 4.78 is 65.2. The van der Waals surface area contributed by atoms with E-state index in [2.05, 4.69) is 0 Å². The zero-order valence-electron chi connectivity index (χ0n) is 16.0. The van der Waals surface area contributed by atoms with Crippen LogP contribution in [0.15, 0.2) is 24.3 Å². The third kappa shape index (κ3) is 6.30. The molecule has 2 N–H and O–H groups in total. The highest BCUT2D eigenvalue weighted by atomic mass is 32.2. The van der Waals surface area contributed by atoms with Crippen molar-refractivity contribution in [1.29, 1.82) is 0 Å². The van der Waals surface area contributed by atoms with Gasteiger partial charge >= 0.3 is 6.18 Å². The summed E-state index contributed by atoms with van der Waals surface area (Å²) in [4.78, 5) is 24.3. The lowest BCUT2D eigenvalue weighted by molar-refractivity contribution is -0.137. The summed E-state index contributed by atoms with van der Waals surface area (Å²) in [5, 5.41) is 0. The van der Waals surface area contributed by atoms with Crippen LogP contribution in [0.25, 0.3) is 0 Å². The van der Waals surface area contributed by atoms with Gasteiger partial charge in [0.2, 0.25) is 15.9 Å². The molecule has 0 bridgehead atoms. The Labute approximate surface area is 162 Å². The number of alkyl halides is 3. The van der Waals surface area contributed by atoms with E-state index in [1.165, 1.54) is 19.9 Å². The molecule has 10 heteroatoms. The number of carbonyl (C=O) groups excluding carboxylic acids is 2. The molecule has 158 valence electrons. The number of sulfonamides is 1. The monoisotopic (exact) mass is 422 g/mol. The average Bonchev–Trinajstić information content (AvgIpc) is 2.55. The van der Waals surface area contributed by atoms with Crippen LogP contribution in [0.4, 0.5) is 13.2 Å². The van der Waals surface area contributed by atoms with Gasteiger partial charge in [-0.25, -0.2) is 8.42 Å². The number of Topliss-reactive ketones (excluding diaryl/α,β-unsaturated/α-hetero) is 1. The molecule has 1 aromatic rings. The molecule has 1 aromatic carbocycles. The lowest BCUT2D eigenvalue weighted by atomic mass is 10.1. The van der Waals surface area contributed by atoms with Gasteiger partial charge in [-0.05, 0) is 31.9 Å². The van der Waals surface area contributed by atoms with Crippen LogP contribution in [0.5, 0.6) is 0 Å². The van der Waals surface area contributed by atoms with Crippen molar-refractivity contribution in [2.24, 2.45) is 5.73 Å². The summed E-state index contributed by atoms with van der Waals surface area (Å²) in [5.74, 6) is -2.53. The number of nitrogens with two attached hydrogens (primary N) is 1. The molecule has 6 nitrogen and oxygen atoms in total. The van der Waals surface area contributed by atoms with E-state index in [0.717, 1.165) is 18.2 Å². The average molecular weight is 422 g/mol. The van der Waals surface area contributed by atoms with Gasteiger partial charge in [0.05, 0.1) is 11.3 Å². The second-order valence-corrected chi connectivity index (χ2v) is 8.63.